The SMILES string of the molecule is C[C@H]1CCCC[C@@H]1NC(=O)c1cc(S(=O)(=O)N2CCCCC2)ccc1N1CCOCC1. The standard InChI is InChI=1S/C23H35N3O4S/c1-18-7-3-4-8-21(18)24-23(27)20-17-19(31(28,29)26-11-5-2-6-12-26)9-10-22(20)25-13-15-30-16-14-25/h9-10,17-18,21H,2-8,11-16H2,1H3,(H,24,27)/t18-,21-/m0/s1. The van der Waals surface area contributed by atoms with E-state index >= 15 is 0 Å². The minimum absolute atomic E-state index is 0.140. The van der Waals surface area contributed by atoms with E-state index in [0.29, 0.717) is 50.9 Å². The molecule has 1 aromatic rings. The second kappa shape index (κ2) is 9.88. The highest BCUT2D eigenvalue weighted by Gasteiger charge is 2.30. The van der Waals surface area contributed by atoms with Crippen molar-refractivity contribution < 1.29 is 17.9 Å². The Labute approximate surface area is 186 Å². The maximum atomic E-state index is 13.4. The van der Waals surface area contributed by atoms with Gasteiger partial charge in [0.05, 0.1) is 23.7 Å². The molecule has 2 aliphatic heterocycles. The van der Waals surface area contributed by atoms with Crippen LogP contribution in [0.4, 0.5) is 5.69 Å². The Bertz CT molecular complexity index is 877. The Hall–Kier alpha value is -1.64. The van der Waals surface area contributed by atoms with Crippen LogP contribution in [0.15, 0.2) is 23.1 Å². The molecule has 0 spiro atoms. The quantitative estimate of drug-likeness (QED) is 0.748. The van der Waals surface area contributed by atoms with Crippen LogP contribution in [0.5, 0.6) is 0 Å². The first-order valence-electron chi connectivity index (χ1n) is 11.7. The maximum Gasteiger partial charge on any atom is 0.253 e. The van der Waals surface area contributed by atoms with Gasteiger partial charge in [0.2, 0.25) is 10.0 Å². The molecular weight excluding hydrogens is 414 g/mol. The predicted molar refractivity (Wildman–Crippen MR) is 121 cm³/mol. The maximum absolute atomic E-state index is 13.4. The van der Waals surface area contributed by atoms with Crippen LogP contribution in [0.1, 0.15) is 62.2 Å². The number of sulfonamides is 1. The molecule has 172 valence electrons. The Kier molecular flexibility index (Phi) is 7.19. The second-order valence-electron chi connectivity index (χ2n) is 9.08. The fourth-order valence-corrected chi connectivity index (χ4v) is 6.51. The number of hydrogen-bond acceptors (Lipinski definition) is 5. The van der Waals surface area contributed by atoms with E-state index in [4.69, 9.17) is 4.74 Å². The summed E-state index contributed by atoms with van der Waals surface area (Å²) < 4.78 is 33.5. The number of rotatable bonds is 5. The molecule has 1 aromatic carbocycles. The number of carbonyl (C=O) groups is 1. The molecule has 7 nitrogen and oxygen atoms in total. The number of anilines is 1. The molecule has 0 unspecified atom stereocenters. The molecule has 4 rings (SSSR count). The molecule has 1 amide bonds. The number of benzene rings is 1. The van der Waals surface area contributed by atoms with Crippen LogP contribution >= 0.6 is 0 Å². The Balaban J connectivity index is 1.65. The number of morpholine rings is 1. The molecule has 31 heavy (non-hydrogen) atoms. The van der Waals surface area contributed by atoms with Gasteiger partial charge < -0.3 is 15.0 Å². The number of ether oxygens (including phenoxy) is 1. The van der Waals surface area contributed by atoms with E-state index in [1.165, 1.54) is 6.42 Å². The highest BCUT2D eigenvalue weighted by atomic mass is 32.2. The van der Waals surface area contributed by atoms with Crippen molar-refractivity contribution >= 4 is 21.6 Å². The van der Waals surface area contributed by atoms with Gasteiger partial charge in [0.25, 0.3) is 5.91 Å². The summed E-state index contributed by atoms with van der Waals surface area (Å²) in [4.78, 5) is 15.7. The van der Waals surface area contributed by atoms with E-state index in [0.717, 1.165) is 44.2 Å². The van der Waals surface area contributed by atoms with E-state index in [1.807, 2.05) is 0 Å². The fraction of sp³-hybridized carbons (Fsp3) is 0.696. The molecule has 1 aliphatic carbocycles. The zero-order valence-corrected chi connectivity index (χ0v) is 19.3. The molecule has 1 N–H and O–H groups in total. The van der Waals surface area contributed by atoms with Gasteiger partial charge >= 0.3 is 0 Å². The summed E-state index contributed by atoms with van der Waals surface area (Å²) in [5.41, 5.74) is 1.25. The number of piperidine rings is 1. The Morgan fingerprint density at radius 2 is 1.71 bits per heavy atom. The van der Waals surface area contributed by atoms with Crippen LogP contribution in [0.2, 0.25) is 0 Å². The van der Waals surface area contributed by atoms with Crippen LogP contribution in [0.25, 0.3) is 0 Å². The van der Waals surface area contributed by atoms with Crippen molar-refractivity contribution in [2.45, 2.75) is 62.8 Å². The summed E-state index contributed by atoms with van der Waals surface area (Å²) >= 11 is 0. The molecule has 0 bridgehead atoms. The lowest BCUT2D eigenvalue weighted by Gasteiger charge is -2.33. The monoisotopic (exact) mass is 449 g/mol. The van der Waals surface area contributed by atoms with Crippen molar-refractivity contribution in [1.29, 1.82) is 0 Å². The molecular formula is C23H35N3O4S. The number of nitrogens with one attached hydrogen (secondary N) is 1. The van der Waals surface area contributed by atoms with E-state index in [2.05, 4.69) is 17.1 Å². The van der Waals surface area contributed by atoms with E-state index in [-0.39, 0.29) is 16.8 Å². The van der Waals surface area contributed by atoms with Gasteiger partial charge in [-0.1, -0.05) is 26.2 Å². The molecule has 2 saturated heterocycles. The van der Waals surface area contributed by atoms with Crippen molar-refractivity contribution in [2.75, 3.05) is 44.3 Å². The second-order valence-corrected chi connectivity index (χ2v) is 11.0. The minimum atomic E-state index is -3.60. The first-order chi connectivity index (χ1) is 15.0. The van der Waals surface area contributed by atoms with Gasteiger partial charge in [0.15, 0.2) is 0 Å². The van der Waals surface area contributed by atoms with Gasteiger partial charge in [-0.25, -0.2) is 8.42 Å². The molecule has 8 heteroatoms. The molecule has 2 atom stereocenters. The molecule has 3 fully saturated rings. The van der Waals surface area contributed by atoms with Crippen LogP contribution in [0, 0.1) is 5.92 Å². The first-order valence-corrected chi connectivity index (χ1v) is 13.2. The fourth-order valence-electron chi connectivity index (χ4n) is 4.97. The summed E-state index contributed by atoms with van der Waals surface area (Å²) in [7, 11) is -3.60. The third kappa shape index (κ3) is 5.07. The minimum Gasteiger partial charge on any atom is -0.378 e. The van der Waals surface area contributed by atoms with Gasteiger partial charge in [-0.2, -0.15) is 4.31 Å². The highest BCUT2D eigenvalue weighted by Crippen LogP contribution is 2.29. The van der Waals surface area contributed by atoms with Gasteiger partial charge in [0, 0.05) is 37.9 Å². The van der Waals surface area contributed by atoms with Gasteiger partial charge in [0.1, 0.15) is 0 Å². The number of hydrogen-bond donors (Lipinski definition) is 1. The van der Waals surface area contributed by atoms with Crippen LogP contribution in [-0.4, -0.2) is 64.1 Å². The smallest absolute Gasteiger partial charge is 0.253 e. The summed E-state index contributed by atoms with van der Waals surface area (Å²) in [6.07, 6.45) is 7.26. The van der Waals surface area contributed by atoms with Crippen molar-refractivity contribution in [3.63, 3.8) is 0 Å². The van der Waals surface area contributed by atoms with Crippen molar-refractivity contribution in [1.82, 2.24) is 9.62 Å². The van der Waals surface area contributed by atoms with E-state index in [9.17, 15) is 13.2 Å². The lowest BCUT2D eigenvalue weighted by Crippen LogP contribution is -2.43. The van der Waals surface area contributed by atoms with Crippen molar-refractivity contribution in [3.05, 3.63) is 23.8 Å². The van der Waals surface area contributed by atoms with Crippen LogP contribution in [0.3, 0.4) is 0 Å². The Morgan fingerprint density at radius 3 is 2.42 bits per heavy atom. The average molecular weight is 450 g/mol. The van der Waals surface area contributed by atoms with Crippen molar-refractivity contribution in [2.24, 2.45) is 5.92 Å². The lowest BCUT2D eigenvalue weighted by molar-refractivity contribution is 0.0909. The van der Waals surface area contributed by atoms with E-state index < -0.39 is 10.0 Å². The van der Waals surface area contributed by atoms with Crippen molar-refractivity contribution in [3.8, 4) is 0 Å². The zero-order valence-electron chi connectivity index (χ0n) is 18.5. The Morgan fingerprint density at radius 1 is 1.00 bits per heavy atom. The molecule has 3 aliphatic rings. The number of carbonyl (C=O) groups excluding carboxylic acids is 1. The summed E-state index contributed by atoms with van der Waals surface area (Å²) in [5, 5.41) is 3.22. The van der Waals surface area contributed by atoms with E-state index in [1.54, 1.807) is 22.5 Å². The average Bonchev–Trinajstić information content (AvgIpc) is 2.81. The predicted octanol–water partition coefficient (Wildman–Crippen LogP) is 3.01. The molecule has 2 heterocycles. The summed E-state index contributed by atoms with van der Waals surface area (Å²) in [6, 6.07) is 5.20. The topological polar surface area (TPSA) is 79.0 Å². The summed E-state index contributed by atoms with van der Waals surface area (Å²) in [5.74, 6) is 0.265. The zero-order chi connectivity index (χ0) is 21.8. The summed E-state index contributed by atoms with van der Waals surface area (Å²) in [6.45, 7) is 5.88. The lowest BCUT2D eigenvalue weighted by atomic mass is 9.86. The number of nitrogens with zero attached hydrogens (tertiary/aromatic N) is 2. The van der Waals surface area contributed by atoms with Crippen LogP contribution in [-0.2, 0) is 14.8 Å². The normalized spacial score (nSPS) is 25.9. The molecule has 0 radical (unpaired) electrons. The van der Waals surface area contributed by atoms with Crippen LogP contribution < -0.4 is 10.2 Å². The largest absolute Gasteiger partial charge is 0.378 e. The highest BCUT2D eigenvalue weighted by molar-refractivity contribution is 7.89. The van der Waals surface area contributed by atoms with Gasteiger partial charge in [-0.3, -0.25) is 4.79 Å². The number of amides is 1. The van der Waals surface area contributed by atoms with Gasteiger partial charge in [-0.05, 0) is 49.8 Å². The third-order valence-corrected chi connectivity index (χ3v) is 8.84. The third-order valence-electron chi connectivity index (χ3n) is 6.95. The molecule has 1 saturated carbocycles. The molecule has 0 aromatic heterocycles. The van der Waals surface area contributed by atoms with Gasteiger partial charge in [-0.15, -0.1) is 0 Å². The first kappa shape index (κ1) is 22.6.